The summed E-state index contributed by atoms with van der Waals surface area (Å²) >= 11 is 5.97. The molecule has 2 aliphatic heterocycles. The van der Waals surface area contributed by atoms with Crippen molar-refractivity contribution in [2.24, 2.45) is 0 Å². The van der Waals surface area contributed by atoms with Gasteiger partial charge in [0.05, 0.1) is 0 Å². The minimum atomic E-state index is -0.707. The Bertz CT molecular complexity index is 933. The molecule has 33 heavy (non-hydrogen) atoms. The zero-order chi connectivity index (χ0) is 23.4. The summed E-state index contributed by atoms with van der Waals surface area (Å²) in [6.07, 6.45) is 4.67. The van der Waals surface area contributed by atoms with Crippen LogP contribution in [0.15, 0.2) is 24.3 Å². The highest BCUT2D eigenvalue weighted by Crippen LogP contribution is 2.35. The van der Waals surface area contributed by atoms with Gasteiger partial charge in [-0.2, -0.15) is 0 Å². The van der Waals surface area contributed by atoms with Crippen molar-refractivity contribution in [3.63, 3.8) is 0 Å². The maximum Gasteiger partial charge on any atom is 0.325 e. The lowest BCUT2D eigenvalue weighted by molar-refractivity contribution is -0.133. The zero-order valence-corrected chi connectivity index (χ0v) is 19.4. The van der Waals surface area contributed by atoms with Gasteiger partial charge in [-0.3, -0.25) is 14.5 Å². The van der Waals surface area contributed by atoms with Gasteiger partial charge in [-0.05, 0) is 43.9 Å². The minimum Gasteiger partial charge on any atom is -0.341 e. The first-order valence-corrected chi connectivity index (χ1v) is 12.0. The molecule has 0 atom stereocenters. The SMILES string of the molecule is O=C(CCCN1C(=O)NC2(CCCC2)C1=O)N1CCCN(C(=O)Nc2cccc(Cl)c2)CC1. The van der Waals surface area contributed by atoms with Gasteiger partial charge in [0.25, 0.3) is 5.91 Å². The van der Waals surface area contributed by atoms with E-state index in [2.05, 4.69) is 10.6 Å². The lowest BCUT2D eigenvalue weighted by Gasteiger charge is -2.23. The van der Waals surface area contributed by atoms with E-state index in [1.807, 2.05) is 0 Å². The number of carbonyl (C=O) groups is 4. The molecule has 10 heteroatoms. The van der Waals surface area contributed by atoms with Crippen molar-refractivity contribution in [2.45, 2.75) is 50.5 Å². The average molecular weight is 476 g/mol. The van der Waals surface area contributed by atoms with Crippen LogP contribution in [0.2, 0.25) is 5.02 Å². The average Bonchev–Trinajstić information content (AvgIpc) is 3.22. The van der Waals surface area contributed by atoms with Crippen LogP contribution in [-0.2, 0) is 9.59 Å². The summed E-state index contributed by atoms with van der Waals surface area (Å²) in [5.74, 6) is -0.164. The number of urea groups is 2. The van der Waals surface area contributed by atoms with Gasteiger partial charge in [0, 0.05) is 49.9 Å². The smallest absolute Gasteiger partial charge is 0.325 e. The van der Waals surface area contributed by atoms with Crippen molar-refractivity contribution in [1.29, 1.82) is 0 Å². The number of anilines is 1. The normalized spacial score (nSPS) is 20.2. The predicted octanol–water partition coefficient (Wildman–Crippen LogP) is 3.05. The van der Waals surface area contributed by atoms with E-state index < -0.39 is 5.54 Å². The Morgan fingerprint density at radius 1 is 1.03 bits per heavy atom. The molecule has 0 aromatic heterocycles. The molecule has 6 amide bonds. The maximum absolute atomic E-state index is 12.7. The monoisotopic (exact) mass is 475 g/mol. The summed E-state index contributed by atoms with van der Waals surface area (Å²) < 4.78 is 0. The van der Waals surface area contributed by atoms with E-state index in [0.29, 0.717) is 62.6 Å². The van der Waals surface area contributed by atoms with Crippen LogP contribution in [0.3, 0.4) is 0 Å². The van der Waals surface area contributed by atoms with Gasteiger partial charge in [0.1, 0.15) is 5.54 Å². The van der Waals surface area contributed by atoms with Crippen molar-refractivity contribution in [2.75, 3.05) is 38.0 Å². The number of imide groups is 1. The highest BCUT2D eigenvalue weighted by Gasteiger charge is 2.52. The minimum absolute atomic E-state index is 0.0188. The molecule has 4 rings (SSSR count). The molecule has 178 valence electrons. The molecule has 0 radical (unpaired) electrons. The topological polar surface area (TPSA) is 102 Å². The molecule has 9 nitrogen and oxygen atoms in total. The number of rotatable bonds is 5. The number of hydrogen-bond acceptors (Lipinski definition) is 4. The van der Waals surface area contributed by atoms with Gasteiger partial charge >= 0.3 is 12.1 Å². The van der Waals surface area contributed by atoms with Crippen molar-refractivity contribution in [1.82, 2.24) is 20.0 Å². The van der Waals surface area contributed by atoms with E-state index >= 15 is 0 Å². The van der Waals surface area contributed by atoms with Crippen LogP contribution in [0.4, 0.5) is 15.3 Å². The molecule has 1 aromatic rings. The molecule has 2 heterocycles. The first-order chi connectivity index (χ1) is 15.9. The highest BCUT2D eigenvalue weighted by atomic mass is 35.5. The van der Waals surface area contributed by atoms with Gasteiger partial charge in [0.15, 0.2) is 0 Å². The molecule has 1 spiro atoms. The number of hydrogen-bond donors (Lipinski definition) is 2. The Kier molecular flexibility index (Phi) is 7.07. The van der Waals surface area contributed by atoms with E-state index in [4.69, 9.17) is 11.6 Å². The number of halogens is 1. The van der Waals surface area contributed by atoms with E-state index in [1.165, 1.54) is 4.90 Å². The van der Waals surface area contributed by atoms with Gasteiger partial charge < -0.3 is 20.4 Å². The first kappa shape index (κ1) is 23.4. The Morgan fingerprint density at radius 3 is 2.52 bits per heavy atom. The quantitative estimate of drug-likeness (QED) is 0.639. The Hall–Kier alpha value is -2.81. The molecule has 1 aromatic carbocycles. The standard InChI is InChI=1S/C23H30ClN5O4/c24-17-6-3-7-18(16-17)25-21(32)28-12-5-11-27(14-15-28)19(30)8-4-13-29-20(31)23(26-22(29)33)9-1-2-10-23/h3,6-7,16H,1-2,4-5,8-15H2,(H,25,32)(H,26,33). The second-order valence-electron chi connectivity index (χ2n) is 8.94. The number of nitrogens with one attached hydrogen (secondary N) is 2. The number of amides is 6. The lowest BCUT2D eigenvalue weighted by atomic mass is 9.98. The first-order valence-electron chi connectivity index (χ1n) is 11.6. The molecule has 2 saturated heterocycles. The molecule has 1 saturated carbocycles. The Balaban J connectivity index is 1.22. The van der Waals surface area contributed by atoms with Gasteiger partial charge in [-0.15, -0.1) is 0 Å². The van der Waals surface area contributed by atoms with E-state index in [-0.39, 0.29) is 36.8 Å². The largest absolute Gasteiger partial charge is 0.341 e. The third kappa shape index (κ3) is 5.24. The van der Waals surface area contributed by atoms with Crippen LogP contribution in [0.25, 0.3) is 0 Å². The summed E-state index contributed by atoms with van der Waals surface area (Å²) in [6, 6.07) is 6.42. The Labute approximate surface area is 198 Å². The summed E-state index contributed by atoms with van der Waals surface area (Å²) in [4.78, 5) is 55.0. The summed E-state index contributed by atoms with van der Waals surface area (Å²) in [5, 5.41) is 6.26. The van der Waals surface area contributed by atoms with Gasteiger partial charge in [0.2, 0.25) is 5.91 Å². The van der Waals surface area contributed by atoms with Crippen molar-refractivity contribution < 1.29 is 19.2 Å². The van der Waals surface area contributed by atoms with E-state index in [0.717, 1.165) is 12.8 Å². The van der Waals surface area contributed by atoms with E-state index in [1.54, 1.807) is 34.1 Å². The summed E-state index contributed by atoms with van der Waals surface area (Å²) in [7, 11) is 0. The molecule has 0 unspecified atom stereocenters. The fourth-order valence-electron chi connectivity index (χ4n) is 4.88. The molecule has 0 bridgehead atoms. The van der Waals surface area contributed by atoms with Crippen molar-refractivity contribution in [3.05, 3.63) is 29.3 Å². The van der Waals surface area contributed by atoms with Gasteiger partial charge in [-0.1, -0.05) is 30.5 Å². The van der Waals surface area contributed by atoms with Gasteiger partial charge in [-0.25, -0.2) is 9.59 Å². The molecule has 2 N–H and O–H groups in total. The van der Waals surface area contributed by atoms with Crippen LogP contribution >= 0.6 is 11.6 Å². The fourth-order valence-corrected chi connectivity index (χ4v) is 5.07. The van der Waals surface area contributed by atoms with Crippen LogP contribution < -0.4 is 10.6 Å². The second kappa shape index (κ2) is 9.99. The third-order valence-corrected chi connectivity index (χ3v) is 6.92. The molecular weight excluding hydrogens is 446 g/mol. The fraction of sp³-hybridized carbons (Fsp3) is 0.565. The van der Waals surface area contributed by atoms with Crippen LogP contribution in [0.1, 0.15) is 44.9 Å². The van der Waals surface area contributed by atoms with Crippen LogP contribution in [0, 0.1) is 0 Å². The lowest BCUT2D eigenvalue weighted by Crippen LogP contribution is -2.44. The van der Waals surface area contributed by atoms with Crippen molar-refractivity contribution in [3.8, 4) is 0 Å². The second-order valence-corrected chi connectivity index (χ2v) is 9.38. The number of carbonyl (C=O) groups excluding carboxylic acids is 4. The maximum atomic E-state index is 12.7. The number of nitrogens with zero attached hydrogens (tertiary/aromatic N) is 3. The van der Waals surface area contributed by atoms with Crippen LogP contribution in [0.5, 0.6) is 0 Å². The molecule has 3 aliphatic rings. The third-order valence-electron chi connectivity index (χ3n) is 6.69. The molecule has 3 fully saturated rings. The number of benzene rings is 1. The summed E-state index contributed by atoms with van der Waals surface area (Å²) in [6.45, 7) is 2.27. The predicted molar refractivity (Wildman–Crippen MR) is 124 cm³/mol. The summed E-state index contributed by atoms with van der Waals surface area (Å²) in [5.41, 5.74) is -0.0781. The van der Waals surface area contributed by atoms with Crippen LogP contribution in [-0.4, -0.2) is 76.8 Å². The van der Waals surface area contributed by atoms with E-state index in [9.17, 15) is 19.2 Å². The highest BCUT2D eigenvalue weighted by molar-refractivity contribution is 6.30. The molecule has 1 aliphatic carbocycles. The zero-order valence-electron chi connectivity index (χ0n) is 18.6. The molecular formula is C23H30ClN5O4. The Morgan fingerprint density at radius 2 is 1.76 bits per heavy atom. The van der Waals surface area contributed by atoms with Crippen molar-refractivity contribution >= 4 is 41.2 Å².